The van der Waals surface area contributed by atoms with Crippen molar-refractivity contribution in [3.05, 3.63) is 18.3 Å². The second-order valence-corrected chi connectivity index (χ2v) is 3.52. The van der Waals surface area contributed by atoms with Gasteiger partial charge in [-0.15, -0.1) is 5.10 Å². The van der Waals surface area contributed by atoms with E-state index < -0.39 is 0 Å². The number of hydrogen-bond donors (Lipinski definition) is 2. The summed E-state index contributed by atoms with van der Waals surface area (Å²) in [6, 6.07) is 3.72. The molecule has 0 aromatic carbocycles. The van der Waals surface area contributed by atoms with E-state index in [0.717, 1.165) is 18.8 Å². The third kappa shape index (κ3) is 1.83. The van der Waals surface area contributed by atoms with Crippen LogP contribution in [-0.2, 0) is 4.74 Å². The normalized spacial score (nSPS) is 26.4. The first kappa shape index (κ1) is 9.36. The predicted molar refractivity (Wildman–Crippen MR) is 52.9 cm³/mol. The molecule has 0 saturated carbocycles. The zero-order valence-electron chi connectivity index (χ0n) is 7.94. The highest BCUT2D eigenvalue weighted by molar-refractivity contribution is 5.36. The Morgan fingerprint density at radius 1 is 1.64 bits per heavy atom. The summed E-state index contributed by atoms with van der Waals surface area (Å²) in [7, 11) is 0. The Balaban J connectivity index is 2.08. The summed E-state index contributed by atoms with van der Waals surface area (Å²) in [5.74, 6) is 0.753. The van der Waals surface area contributed by atoms with Crippen LogP contribution >= 0.6 is 0 Å². The van der Waals surface area contributed by atoms with Gasteiger partial charge in [0.2, 0.25) is 0 Å². The molecule has 1 fully saturated rings. The van der Waals surface area contributed by atoms with Gasteiger partial charge in [0, 0.05) is 19.3 Å². The molecule has 1 atom stereocenters. The minimum Gasteiger partial charge on any atom is -0.379 e. The molecule has 3 N–H and O–H groups in total. The van der Waals surface area contributed by atoms with E-state index in [2.05, 4.69) is 15.5 Å². The summed E-state index contributed by atoms with van der Waals surface area (Å²) in [6.07, 6.45) is 2.56. The number of ether oxygens (including phenoxy) is 1. The van der Waals surface area contributed by atoms with Crippen LogP contribution in [0.15, 0.2) is 18.3 Å². The van der Waals surface area contributed by atoms with Crippen LogP contribution in [0, 0.1) is 0 Å². The molecule has 0 spiro atoms. The van der Waals surface area contributed by atoms with Gasteiger partial charge in [-0.25, -0.2) is 0 Å². The summed E-state index contributed by atoms with van der Waals surface area (Å²) in [5.41, 5.74) is 5.57. The van der Waals surface area contributed by atoms with Crippen LogP contribution in [0.25, 0.3) is 0 Å². The lowest BCUT2D eigenvalue weighted by Gasteiger charge is -2.27. The number of anilines is 1. The number of aromatic nitrogens is 2. The van der Waals surface area contributed by atoms with Crippen molar-refractivity contribution in [1.29, 1.82) is 0 Å². The molecule has 14 heavy (non-hydrogen) atoms. The van der Waals surface area contributed by atoms with Gasteiger partial charge < -0.3 is 15.8 Å². The lowest BCUT2D eigenvalue weighted by molar-refractivity contribution is 0.183. The van der Waals surface area contributed by atoms with Gasteiger partial charge in [0.25, 0.3) is 0 Å². The molecule has 0 bridgehead atoms. The van der Waals surface area contributed by atoms with Crippen LogP contribution in [0.5, 0.6) is 0 Å². The van der Waals surface area contributed by atoms with E-state index in [4.69, 9.17) is 10.5 Å². The Bertz CT molecular complexity index is 284. The minimum atomic E-state index is -0.157. The number of hydrogen-bond acceptors (Lipinski definition) is 5. The molecule has 1 aliphatic rings. The van der Waals surface area contributed by atoms with Gasteiger partial charge in [0.05, 0.1) is 12.1 Å². The standard InChI is InChI=1S/C9H14N4O/c10-6-9(3-5-14-7-9)12-8-2-1-4-11-13-8/h1-2,4H,3,5-7,10H2,(H,12,13). The van der Waals surface area contributed by atoms with Crippen molar-refractivity contribution in [1.82, 2.24) is 10.2 Å². The molecule has 1 aromatic rings. The van der Waals surface area contributed by atoms with E-state index in [1.54, 1.807) is 6.20 Å². The van der Waals surface area contributed by atoms with Crippen LogP contribution in [0.3, 0.4) is 0 Å². The molecule has 1 unspecified atom stereocenters. The molecule has 5 heteroatoms. The van der Waals surface area contributed by atoms with Gasteiger partial charge in [-0.3, -0.25) is 0 Å². The van der Waals surface area contributed by atoms with E-state index in [1.807, 2.05) is 12.1 Å². The molecule has 0 radical (unpaired) electrons. The molecule has 2 rings (SSSR count). The minimum absolute atomic E-state index is 0.157. The summed E-state index contributed by atoms with van der Waals surface area (Å²) in [4.78, 5) is 0. The summed E-state index contributed by atoms with van der Waals surface area (Å²) in [6.45, 7) is 1.94. The molecule has 0 aliphatic carbocycles. The Labute approximate surface area is 82.7 Å². The second-order valence-electron chi connectivity index (χ2n) is 3.52. The van der Waals surface area contributed by atoms with Crippen LogP contribution in [-0.4, -0.2) is 35.5 Å². The summed E-state index contributed by atoms with van der Waals surface area (Å²) < 4.78 is 5.33. The van der Waals surface area contributed by atoms with Gasteiger partial charge in [0.15, 0.2) is 0 Å². The van der Waals surface area contributed by atoms with Crippen LogP contribution in [0.4, 0.5) is 5.82 Å². The first-order valence-electron chi connectivity index (χ1n) is 4.68. The van der Waals surface area contributed by atoms with Gasteiger partial charge in [-0.05, 0) is 18.6 Å². The van der Waals surface area contributed by atoms with Crippen molar-refractivity contribution < 1.29 is 4.74 Å². The number of nitrogens with zero attached hydrogens (tertiary/aromatic N) is 2. The zero-order chi connectivity index (χ0) is 9.86. The summed E-state index contributed by atoms with van der Waals surface area (Å²) >= 11 is 0. The van der Waals surface area contributed by atoms with Gasteiger partial charge >= 0.3 is 0 Å². The highest BCUT2D eigenvalue weighted by Crippen LogP contribution is 2.21. The lowest BCUT2D eigenvalue weighted by atomic mass is 9.99. The van der Waals surface area contributed by atoms with E-state index in [1.165, 1.54) is 0 Å². The van der Waals surface area contributed by atoms with Crippen molar-refractivity contribution in [3.63, 3.8) is 0 Å². The average molecular weight is 194 g/mol. The van der Waals surface area contributed by atoms with E-state index in [9.17, 15) is 0 Å². The molecule has 2 heterocycles. The van der Waals surface area contributed by atoms with E-state index in [0.29, 0.717) is 13.2 Å². The van der Waals surface area contributed by atoms with Crippen molar-refractivity contribution >= 4 is 5.82 Å². The van der Waals surface area contributed by atoms with Crippen molar-refractivity contribution in [2.45, 2.75) is 12.0 Å². The van der Waals surface area contributed by atoms with E-state index in [-0.39, 0.29) is 5.54 Å². The SMILES string of the molecule is NCC1(Nc2cccnn2)CCOC1. The maximum absolute atomic E-state index is 5.73. The molecule has 0 amide bonds. The Morgan fingerprint density at radius 2 is 2.57 bits per heavy atom. The Morgan fingerprint density at radius 3 is 3.14 bits per heavy atom. The fraction of sp³-hybridized carbons (Fsp3) is 0.556. The van der Waals surface area contributed by atoms with E-state index >= 15 is 0 Å². The smallest absolute Gasteiger partial charge is 0.149 e. The molecular formula is C9H14N4O. The Hall–Kier alpha value is -1.20. The zero-order valence-corrected chi connectivity index (χ0v) is 7.94. The molecule has 1 saturated heterocycles. The number of nitrogens with one attached hydrogen (secondary N) is 1. The third-order valence-electron chi connectivity index (χ3n) is 2.46. The monoisotopic (exact) mass is 194 g/mol. The van der Waals surface area contributed by atoms with Gasteiger partial charge in [-0.1, -0.05) is 0 Å². The largest absolute Gasteiger partial charge is 0.379 e. The van der Waals surface area contributed by atoms with Gasteiger partial charge in [0.1, 0.15) is 5.82 Å². The topological polar surface area (TPSA) is 73.1 Å². The molecular weight excluding hydrogens is 180 g/mol. The third-order valence-corrected chi connectivity index (χ3v) is 2.46. The number of nitrogens with two attached hydrogens (primary N) is 1. The highest BCUT2D eigenvalue weighted by Gasteiger charge is 2.33. The predicted octanol–water partition coefficient (Wildman–Crippen LogP) is 0.00630. The van der Waals surface area contributed by atoms with Crippen LogP contribution < -0.4 is 11.1 Å². The quantitative estimate of drug-likeness (QED) is 0.709. The highest BCUT2D eigenvalue weighted by atomic mass is 16.5. The lowest BCUT2D eigenvalue weighted by Crippen LogP contribution is -2.46. The van der Waals surface area contributed by atoms with Crippen molar-refractivity contribution in [3.8, 4) is 0 Å². The van der Waals surface area contributed by atoms with Crippen molar-refractivity contribution in [2.24, 2.45) is 5.73 Å². The maximum atomic E-state index is 5.73. The molecule has 1 aromatic heterocycles. The molecule has 76 valence electrons. The summed E-state index contributed by atoms with van der Waals surface area (Å²) in [5, 5.41) is 11.0. The fourth-order valence-corrected chi connectivity index (χ4v) is 1.56. The van der Waals surface area contributed by atoms with Gasteiger partial charge in [-0.2, -0.15) is 5.10 Å². The van der Waals surface area contributed by atoms with Crippen molar-refractivity contribution in [2.75, 3.05) is 25.1 Å². The maximum Gasteiger partial charge on any atom is 0.149 e. The van der Waals surface area contributed by atoms with Crippen LogP contribution in [0.2, 0.25) is 0 Å². The van der Waals surface area contributed by atoms with Crippen LogP contribution in [0.1, 0.15) is 6.42 Å². The Kier molecular flexibility index (Phi) is 2.60. The number of rotatable bonds is 3. The average Bonchev–Trinajstić information content (AvgIpc) is 2.69. The first-order chi connectivity index (χ1) is 6.85. The fourth-order valence-electron chi connectivity index (χ4n) is 1.56. The first-order valence-corrected chi connectivity index (χ1v) is 4.68. The molecule has 1 aliphatic heterocycles. The second kappa shape index (κ2) is 3.89. The molecule has 5 nitrogen and oxygen atoms in total.